The normalized spacial score (nSPS) is 18.8. The van der Waals surface area contributed by atoms with Crippen molar-refractivity contribution in [2.24, 2.45) is 0 Å². The van der Waals surface area contributed by atoms with Crippen molar-refractivity contribution in [2.75, 3.05) is 23.3 Å². The predicted octanol–water partition coefficient (Wildman–Crippen LogP) is 3.35. The van der Waals surface area contributed by atoms with Crippen molar-refractivity contribution in [1.82, 2.24) is 30.2 Å². The number of piperazine rings is 1. The summed E-state index contributed by atoms with van der Waals surface area (Å²) in [5, 5.41) is 7.65. The summed E-state index contributed by atoms with van der Waals surface area (Å²) in [5.74, 6) is 1.20. The van der Waals surface area contributed by atoms with E-state index in [1.54, 1.807) is 18.5 Å². The van der Waals surface area contributed by atoms with Crippen molar-refractivity contribution in [3.63, 3.8) is 0 Å². The standard InChI is InChI=1S/C23H25FN8/c1-14-11-32(12-15(2)30-14)20-5-3-4-16(31-20)8-26-22-21-18(9-27-23(21)29-13-28-22)17-6-7-25-10-19(17)24/h3-7,9-10,13-15,30H,8,11-12H2,1-2H3,(H2,26,27,28,29)/t14-,15+. The zero-order chi connectivity index (χ0) is 22.1. The molecular formula is C23H25FN8. The lowest BCUT2D eigenvalue weighted by Crippen LogP contribution is -2.54. The maximum atomic E-state index is 14.4. The Morgan fingerprint density at radius 3 is 2.78 bits per heavy atom. The van der Waals surface area contributed by atoms with Gasteiger partial charge in [-0.2, -0.15) is 0 Å². The molecule has 4 aromatic rings. The Bertz CT molecular complexity index is 1230. The molecule has 1 aliphatic rings. The third-order valence-corrected chi connectivity index (χ3v) is 5.64. The van der Waals surface area contributed by atoms with Crippen LogP contribution in [0.1, 0.15) is 19.5 Å². The van der Waals surface area contributed by atoms with Crippen LogP contribution in [0.5, 0.6) is 0 Å². The number of fused-ring (bicyclic) bond motifs is 1. The highest BCUT2D eigenvalue weighted by Crippen LogP contribution is 2.33. The minimum absolute atomic E-state index is 0.392. The van der Waals surface area contributed by atoms with Crippen LogP contribution in [0.25, 0.3) is 22.2 Å². The molecule has 8 nitrogen and oxygen atoms in total. The average molecular weight is 433 g/mol. The molecule has 0 aliphatic carbocycles. The number of rotatable bonds is 5. The molecule has 1 fully saturated rings. The molecule has 0 bridgehead atoms. The van der Waals surface area contributed by atoms with Gasteiger partial charge in [-0.25, -0.2) is 19.3 Å². The number of hydrogen-bond donors (Lipinski definition) is 3. The average Bonchev–Trinajstić information content (AvgIpc) is 3.22. The third kappa shape index (κ3) is 3.99. The second kappa shape index (κ2) is 8.51. The van der Waals surface area contributed by atoms with Gasteiger partial charge in [-0.3, -0.25) is 4.98 Å². The van der Waals surface area contributed by atoms with Crippen molar-refractivity contribution in [2.45, 2.75) is 32.5 Å². The largest absolute Gasteiger partial charge is 0.364 e. The summed E-state index contributed by atoms with van der Waals surface area (Å²) in [7, 11) is 0. The van der Waals surface area contributed by atoms with Crippen LogP contribution in [-0.2, 0) is 6.54 Å². The zero-order valence-electron chi connectivity index (χ0n) is 18.0. The minimum Gasteiger partial charge on any atom is -0.364 e. The van der Waals surface area contributed by atoms with Crippen LogP contribution in [0.4, 0.5) is 16.0 Å². The number of nitrogens with zero attached hydrogens (tertiary/aromatic N) is 5. The van der Waals surface area contributed by atoms with Gasteiger partial charge in [0.1, 0.15) is 29.4 Å². The predicted molar refractivity (Wildman–Crippen MR) is 123 cm³/mol. The Morgan fingerprint density at radius 1 is 1.12 bits per heavy atom. The SMILES string of the molecule is C[C@@H]1CN(c2cccc(CNc3ncnc4[nH]cc(-c5ccncc5F)c34)n2)C[C@H](C)N1. The van der Waals surface area contributed by atoms with Gasteiger partial charge in [-0.15, -0.1) is 0 Å². The van der Waals surface area contributed by atoms with E-state index in [-0.39, 0.29) is 0 Å². The van der Waals surface area contributed by atoms with E-state index in [0.29, 0.717) is 41.2 Å². The smallest absolute Gasteiger partial charge is 0.149 e. The number of aromatic nitrogens is 5. The molecule has 1 aliphatic heterocycles. The number of pyridine rings is 2. The maximum Gasteiger partial charge on any atom is 0.149 e. The fourth-order valence-corrected chi connectivity index (χ4v) is 4.33. The van der Waals surface area contributed by atoms with E-state index in [0.717, 1.165) is 30.0 Å². The summed E-state index contributed by atoms with van der Waals surface area (Å²) in [6, 6.07) is 8.54. The molecule has 0 amide bonds. The van der Waals surface area contributed by atoms with Crippen LogP contribution in [0.2, 0.25) is 0 Å². The molecule has 1 saturated heterocycles. The van der Waals surface area contributed by atoms with E-state index in [4.69, 9.17) is 4.98 Å². The molecule has 164 valence electrons. The summed E-state index contributed by atoms with van der Waals surface area (Å²) in [5.41, 5.74) is 2.68. The van der Waals surface area contributed by atoms with E-state index in [2.05, 4.69) is 49.3 Å². The van der Waals surface area contributed by atoms with Gasteiger partial charge in [0.05, 0.1) is 23.8 Å². The highest BCUT2D eigenvalue weighted by molar-refractivity contribution is 6.00. The van der Waals surface area contributed by atoms with Crippen molar-refractivity contribution in [1.29, 1.82) is 0 Å². The first-order chi connectivity index (χ1) is 15.6. The molecule has 3 N–H and O–H groups in total. The fraction of sp³-hybridized carbons (Fsp3) is 0.304. The fourth-order valence-electron chi connectivity index (χ4n) is 4.33. The summed E-state index contributed by atoms with van der Waals surface area (Å²) in [6.07, 6.45) is 6.01. The van der Waals surface area contributed by atoms with Crippen LogP contribution in [0.3, 0.4) is 0 Å². The highest BCUT2D eigenvalue weighted by Gasteiger charge is 2.22. The second-order valence-electron chi connectivity index (χ2n) is 8.22. The van der Waals surface area contributed by atoms with E-state index in [9.17, 15) is 4.39 Å². The number of anilines is 2. The second-order valence-corrected chi connectivity index (χ2v) is 8.22. The van der Waals surface area contributed by atoms with Gasteiger partial charge >= 0.3 is 0 Å². The van der Waals surface area contributed by atoms with Gasteiger partial charge in [-0.1, -0.05) is 6.07 Å². The molecule has 0 saturated carbocycles. The first-order valence-corrected chi connectivity index (χ1v) is 10.7. The van der Waals surface area contributed by atoms with Crippen molar-refractivity contribution in [3.05, 3.63) is 60.7 Å². The van der Waals surface area contributed by atoms with Crippen LogP contribution < -0.4 is 15.5 Å². The Hall–Kier alpha value is -3.59. The Kier molecular flexibility index (Phi) is 5.40. The maximum absolute atomic E-state index is 14.4. The van der Waals surface area contributed by atoms with E-state index < -0.39 is 5.82 Å². The minimum atomic E-state index is -0.392. The van der Waals surface area contributed by atoms with E-state index >= 15 is 0 Å². The number of halogens is 1. The molecule has 0 spiro atoms. The number of nitrogens with one attached hydrogen (secondary N) is 3. The molecule has 32 heavy (non-hydrogen) atoms. The molecular weight excluding hydrogens is 407 g/mol. The van der Waals surface area contributed by atoms with Crippen LogP contribution >= 0.6 is 0 Å². The molecule has 9 heteroatoms. The van der Waals surface area contributed by atoms with Gasteiger partial charge in [-0.05, 0) is 32.0 Å². The summed E-state index contributed by atoms with van der Waals surface area (Å²) in [6.45, 7) is 6.71. The quantitative estimate of drug-likeness (QED) is 0.445. The van der Waals surface area contributed by atoms with E-state index in [1.165, 1.54) is 12.5 Å². The Labute approximate surface area is 185 Å². The zero-order valence-corrected chi connectivity index (χ0v) is 18.0. The topological polar surface area (TPSA) is 94.6 Å². The number of aromatic amines is 1. The monoisotopic (exact) mass is 432 g/mol. The molecule has 0 radical (unpaired) electrons. The van der Waals surface area contributed by atoms with Gasteiger partial charge in [0.2, 0.25) is 0 Å². The molecule has 0 unspecified atom stereocenters. The lowest BCUT2D eigenvalue weighted by Gasteiger charge is -2.37. The first-order valence-electron chi connectivity index (χ1n) is 10.7. The lowest BCUT2D eigenvalue weighted by atomic mass is 10.1. The van der Waals surface area contributed by atoms with Crippen LogP contribution in [0, 0.1) is 5.82 Å². The van der Waals surface area contributed by atoms with Crippen molar-refractivity contribution >= 4 is 22.7 Å². The summed E-state index contributed by atoms with van der Waals surface area (Å²) >= 11 is 0. The Balaban J connectivity index is 1.41. The molecule has 4 aromatic heterocycles. The van der Waals surface area contributed by atoms with Gasteiger partial charge in [0.25, 0.3) is 0 Å². The van der Waals surface area contributed by atoms with Crippen LogP contribution in [-0.4, -0.2) is 50.1 Å². The summed E-state index contributed by atoms with van der Waals surface area (Å²) in [4.78, 5) is 22.8. The lowest BCUT2D eigenvalue weighted by molar-refractivity contribution is 0.405. The Morgan fingerprint density at radius 2 is 1.97 bits per heavy atom. The molecule has 5 rings (SSSR count). The van der Waals surface area contributed by atoms with Gasteiger partial charge in [0.15, 0.2) is 0 Å². The number of H-pyrrole nitrogens is 1. The van der Waals surface area contributed by atoms with Crippen molar-refractivity contribution in [3.8, 4) is 11.1 Å². The van der Waals surface area contributed by atoms with Gasteiger partial charge in [0, 0.05) is 48.7 Å². The van der Waals surface area contributed by atoms with Crippen molar-refractivity contribution < 1.29 is 4.39 Å². The molecule has 0 aromatic carbocycles. The van der Waals surface area contributed by atoms with E-state index in [1.807, 2.05) is 18.2 Å². The first kappa shape index (κ1) is 20.3. The third-order valence-electron chi connectivity index (χ3n) is 5.64. The number of hydrogen-bond acceptors (Lipinski definition) is 7. The summed E-state index contributed by atoms with van der Waals surface area (Å²) < 4.78 is 14.4. The van der Waals surface area contributed by atoms with Gasteiger partial charge < -0.3 is 20.5 Å². The molecule has 5 heterocycles. The van der Waals surface area contributed by atoms with Crippen LogP contribution in [0.15, 0.2) is 49.2 Å². The highest BCUT2D eigenvalue weighted by atomic mass is 19.1. The molecule has 2 atom stereocenters.